The predicted molar refractivity (Wildman–Crippen MR) is 135 cm³/mol. The maximum absolute atomic E-state index is 11.2. The zero-order valence-corrected chi connectivity index (χ0v) is 20.5. The van der Waals surface area contributed by atoms with Crippen molar-refractivity contribution < 1.29 is 14.6 Å². The van der Waals surface area contributed by atoms with Crippen molar-refractivity contribution in [3.63, 3.8) is 0 Å². The van der Waals surface area contributed by atoms with Crippen molar-refractivity contribution in [1.82, 2.24) is 19.3 Å². The standard InChI is InChI=1S/C27H31ClN4O3/c28-22-5-2-1-4-21(22)27-23-6-3-9-30(23)14-15-32(27)18-26(33)31-12-10-29(11-13-31)17-20-7-8-24-25(16-20)35-19-34-24/h1-9,16,26-27,33H,10-15,17-19H2. The van der Waals surface area contributed by atoms with Crippen LogP contribution in [0.2, 0.25) is 5.02 Å². The van der Waals surface area contributed by atoms with Gasteiger partial charge in [-0.3, -0.25) is 14.7 Å². The Kier molecular flexibility index (Phi) is 6.43. The Balaban J connectivity index is 1.09. The molecule has 184 valence electrons. The molecular weight excluding hydrogens is 464 g/mol. The Morgan fingerprint density at radius 1 is 0.914 bits per heavy atom. The Labute approximate surface area is 211 Å². The van der Waals surface area contributed by atoms with Crippen LogP contribution in [0.4, 0.5) is 0 Å². The molecule has 2 aromatic carbocycles. The van der Waals surface area contributed by atoms with Crippen molar-refractivity contribution in [2.45, 2.75) is 25.4 Å². The van der Waals surface area contributed by atoms with Crippen LogP contribution in [-0.2, 0) is 13.1 Å². The van der Waals surface area contributed by atoms with E-state index in [1.54, 1.807) is 0 Å². The van der Waals surface area contributed by atoms with Gasteiger partial charge >= 0.3 is 0 Å². The van der Waals surface area contributed by atoms with E-state index in [1.807, 2.05) is 24.3 Å². The third kappa shape index (κ3) is 4.67. The van der Waals surface area contributed by atoms with E-state index in [1.165, 1.54) is 11.3 Å². The van der Waals surface area contributed by atoms with Gasteiger partial charge in [0.25, 0.3) is 0 Å². The molecule has 1 fully saturated rings. The van der Waals surface area contributed by atoms with Gasteiger partial charge in [-0.25, -0.2) is 0 Å². The van der Waals surface area contributed by atoms with E-state index in [2.05, 4.69) is 55.8 Å². The molecule has 6 rings (SSSR count). The average Bonchev–Trinajstić information content (AvgIpc) is 3.54. The molecule has 0 radical (unpaired) electrons. The monoisotopic (exact) mass is 494 g/mol. The van der Waals surface area contributed by atoms with E-state index in [4.69, 9.17) is 21.1 Å². The van der Waals surface area contributed by atoms with Crippen molar-refractivity contribution in [1.29, 1.82) is 0 Å². The number of β-amino-alcohol motifs (C(OH)–C–C–N with tert-alkyl or cyclic N) is 1. The SMILES string of the molecule is OC(CN1CCn2cccc2C1c1ccccc1Cl)N1CCN(Cc2ccc3c(c2)OCO3)CC1. The number of fused-ring (bicyclic) bond motifs is 2. The first-order chi connectivity index (χ1) is 17.2. The Morgan fingerprint density at radius 3 is 2.60 bits per heavy atom. The molecule has 2 unspecified atom stereocenters. The van der Waals surface area contributed by atoms with Crippen molar-refractivity contribution in [3.05, 3.63) is 82.6 Å². The molecule has 0 saturated carbocycles. The zero-order chi connectivity index (χ0) is 23.8. The lowest BCUT2D eigenvalue weighted by Gasteiger charge is -2.42. The summed E-state index contributed by atoms with van der Waals surface area (Å²) in [6, 6.07) is 18.5. The fourth-order valence-electron chi connectivity index (χ4n) is 5.52. The number of halogens is 1. The van der Waals surface area contributed by atoms with Crippen LogP contribution in [0.1, 0.15) is 22.9 Å². The normalized spacial score (nSPS) is 21.7. The quantitative estimate of drug-likeness (QED) is 0.567. The summed E-state index contributed by atoms with van der Waals surface area (Å²) < 4.78 is 13.2. The third-order valence-electron chi connectivity index (χ3n) is 7.41. The molecule has 0 spiro atoms. The average molecular weight is 495 g/mol. The van der Waals surface area contributed by atoms with Crippen LogP contribution in [-0.4, -0.2) is 76.7 Å². The number of aromatic nitrogens is 1. The van der Waals surface area contributed by atoms with Crippen LogP contribution in [0, 0.1) is 0 Å². The van der Waals surface area contributed by atoms with E-state index < -0.39 is 6.23 Å². The van der Waals surface area contributed by atoms with Crippen molar-refractivity contribution in [3.8, 4) is 11.5 Å². The topological polar surface area (TPSA) is 53.3 Å². The fraction of sp³-hybridized carbons (Fsp3) is 0.407. The molecule has 1 aromatic heterocycles. The summed E-state index contributed by atoms with van der Waals surface area (Å²) in [5, 5.41) is 12.0. The van der Waals surface area contributed by atoms with Crippen molar-refractivity contribution >= 4 is 11.6 Å². The highest BCUT2D eigenvalue weighted by molar-refractivity contribution is 6.31. The zero-order valence-electron chi connectivity index (χ0n) is 19.7. The third-order valence-corrected chi connectivity index (χ3v) is 7.75. The number of hydrogen-bond acceptors (Lipinski definition) is 6. The highest BCUT2D eigenvalue weighted by Gasteiger charge is 2.33. The molecule has 2 atom stereocenters. The second-order valence-electron chi connectivity index (χ2n) is 9.53. The highest BCUT2D eigenvalue weighted by atomic mass is 35.5. The number of rotatable bonds is 6. The molecule has 8 heteroatoms. The van der Waals surface area contributed by atoms with Crippen LogP contribution in [0.5, 0.6) is 11.5 Å². The van der Waals surface area contributed by atoms with E-state index >= 15 is 0 Å². The summed E-state index contributed by atoms with van der Waals surface area (Å²) in [6.45, 7) is 7.07. The van der Waals surface area contributed by atoms with E-state index in [0.717, 1.165) is 67.9 Å². The van der Waals surface area contributed by atoms with Crippen molar-refractivity contribution in [2.24, 2.45) is 0 Å². The lowest BCUT2D eigenvalue weighted by Crippen LogP contribution is -2.54. The van der Waals surface area contributed by atoms with Crippen LogP contribution < -0.4 is 9.47 Å². The maximum Gasteiger partial charge on any atom is 0.231 e. The number of hydrogen-bond donors (Lipinski definition) is 1. The minimum Gasteiger partial charge on any atom is -0.454 e. The molecule has 0 aliphatic carbocycles. The number of aliphatic hydroxyl groups excluding tert-OH is 1. The second kappa shape index (κ2) is 9.84. The lowest BCUT2D eigenvalue weighted by molar-refractivity contribution is -0.0518. The van der Waals surface area contributed by atoms with Crippen LogP contribution in [0.3, 0.4) is 0 Å². The number of ether oxygens (including phenoxy) is 2. The maximum atomic E-state index is 11.2. The van der Waals surface area contributed by atoms with Gasteiger partial charge < -0.3 is 19.1 Å². The first-order valence-electron chi connectivity index (χ1n) is 12.3. The minimum absolute atomic E-state index is 0.0365. The highest BCUT2D eigenvalue weighted by Crippen LogP contribution is 2.36. The van der Waals surface area contributed by atoms with Crippen LogP contribution in [0.25, 0.3) is 0 Å². The Hall–Kier alpha value is -2.55. The van der Waals surface area contributed by atoms with Gasteiger partial charge in [0.1, 0.15) is 6.23 Å². The van der Waals surface area contributed by atoms with Gasteiger partial charge in [-0.1, -0.05) is 35.9 Å². The molecule has 3 aliphatic rings. The second-order valence-corrected chi connectivity index (χ2v) is 9.93. The van der Waals surface area contributed by atoms with E-state index in [-0.39, 0.29) is 6.04 Å². The first-order valence-corrected chi connectivity index (χ1v) is 12.7. The first kappa shape index (κ1) is 22.9. The van der Waals surface area contributed by atoms with E-state index in [9.17, 15) is 5.11 Å². The molecule has 1 saturated heterocycles. The smallest absolute Gasteiger partial charge is 0.231 e. The molecule has 3 aliphatic heterocycles. The Morgan fingerprint density at radius 2 is 1.74 bits per heavy atom. The molecule has 0 amide bonds. The fourth-order valence-corrected chi connectivity index (χ4v) is 5.76. The molecule has 7 nitrogen and oxygen atoms in total. The number of nitrogens with zero attached hydrogens (tertiary/aromatic N) is 4. The molecular formula is C27H31ClN4O3. The molecule has 4 heterocycles. The van der Waals surface area contributed by atoms with Crippen molar-refractivity contribution in [2.75, 3.05) is 46.1 Å². The predicted octanol–water partition coefficient (Wildman–Crippen LogP) is 3.41. The van der Waals surface area contributed by atoms with Gasteiger partial charge in [0, 0.05) is 69.3 Å². The van der Waals surface area contributed by atoms with Gasteiger partial charge in [-0.2, -0.15) is 0 Å². The van der Waals surface area contributed by atoms with Gasteiger partial charge in [0.05, 0.1) is 6.04 Å². The largest absolute Gasteiger partial charge is 0.454 e. The molecule has 1 N–H and O–H groups in total. The molecule has 0 bridgehead atoms. The summed E-state index contributed by atoms with van der Waals surface area (Å²) >= 11 is 6.63. The van der Waals surface area contributed by atoms with Gasteiger partial charge in [-0.05, 0) is 41.5 Å². The van der Waals surface area contributed by atoms with Gasteiger partial charge in [0.15, 0.2) is 11.5 Å². The summed E-state index contributed by atoms with van der Waals surface area (Å²) in [5.41, 5.74) is 3.54. The number of benzene rings is 2. The summed E-state index contributed by atoms with van der Waals surface area (Å²) in [7, 11) is 0. The Bertz CT molecular complexity index is 1180. The number of piperazine rings is 1. The van der Waals surface area contributed by atoms with Crippen LogP contribution >= 0.6 is 11.6 Å². The molecule has 3 aromatic rings. The summed E-state index contributed by atoms with van der Waals surface area (Å²) in [4.78, 5) is 7.01. The number of aliphatic hydroxyl groups is 1. The van der Waals surface area contributed by atoms with E-state index in [0.29, 0.717) is 13.3 Å². The van der Waals surface area contributed by atoms with Crippen LogP contribution in [0.15, 0.2) is 60.8 Å². The van der Waals surface area contributed by atoms with Gasteiger partial charge in [0.2, 0.25) is 6.79 Å². The lowest BCUT2D eigenvalue weighted by atomic mass is 9.99. The van der Waals surface area contributed by atoms with Gasteiger partial charge in [-0.15, -0.1) is 0 Å². The summed E-state index contributed by atoms with van der Waals surface area (Å²) in [6.07, 6.45) is 1.61. The molecule has 35 heavy (non-hydrogen) atoms. The minimum atomic E-state index is -0.519. The summed E-state index contributed by atoms with van der Waals surface area (Å²) in [5.74, 6) is 1.65.